The van der Waals surface area contributed by atoms with Gasteiger partial charge in [0.1, 0.15) is 0 Å². The SMILES string of the molecule is O=C(NC1CCCC1)c1nc(C(=O)NCc2cccnc2)n2ccccc12. The number of rotatable bonds is 5. The second-order valence-corrected chi connectivity index (χ2v) is 6.74. The van der Waals surface area contributed by atoms with Crippen LogP contribution in [0.25, 0.3) is 5.52 Å². The number of carbonyl (C=O) groups excluding carboxylic acids is 2. The molecule has 7 heteroatoms. The van der Waals surface area contributed by atoms with Crippen LogP contribution in [0.4, 0.5) is 0 Å². The second kappa shape index (κ2) is 7.57. The van der Waals surface area contributed by atoms with E-state index < -0.39 is 0 Å². The quantitative estimate of drug-likeness (QED) is 0.728. The van der Waals surface area contributed by atoms with Crippen LogP contribution in [-0.4, -0.2) is 32.2 Å². The molecule has 0 bridgehead atoms. The van der Waals surface area contributed by atoms with Gasteiger partial charge in [0.05, 0.1) is 5.52 Å². The maximum atomic E-state index is 12.7. The summed E-state index contributed by atoms with van der Waals surface area (Å²) >= 11 is 0. The van der Waals surface area contributed by atoms with Crippen molar-refractivity contribution >= 4 is 17.3 Å². The van der Waals surface area contributed by atoms with Crippen LogP contribution < -0.4 is 10.6 Å². The van der Waals surface area contributed by atoms with Crippen molar-refractivity contribution in [2.75, 3.05) is 0 Å². The number of imidazole rings is 1. The first-order valence-corrected chi connectivity index (χ1v) is 9.17. The van der Waals surface area contributed by atoms with E-state index in [9.17, 15) is 9.59 Å². The standard InChI is InChI=1S/C20H21N5O2/c26-19(23-15-7-1-2-8-15)17-16-9-3-4-11-25(16)18(24-17)20(27)22-13-14-6-5-10-21-12-14/h3-6,9-12,15H,1-2,7-8,13H2,(H,22,27)(H,23,26). The van der Waals surface area contributed by atoms with Gasteiger partial charge in [0, 0.05) is 31.2 Å². The van der Waals surface area contributed by atoms with Crippen molar-refractivity contribution in [1.29, 1.82) is 0 Å². The lowest BCUT2D eigenvalue weighted by Gasteiger charge is -2.10. The lowest BCUT2D eigenvalue weighted by atomic mass is 10.2. The van der Waals surface area contributed by atoms with Crippen molar-refractivity contribution in [2.45, 2.75) is 38.3 Å². The number of carbonyl (C=O) groups is 2. The number of nitrogens with one attached hydrogen (secondary N) is 2. The van der Waals surface area contributed by atoms with E-state index in [1.807, 2.05) is 24.3 Å². The van der Waals surface area contributed by atoms with Crippen LogP contribution in [0.15, 0.2) is 48.9 Å². The Morgan fingerprint density at radius 3 is 2.74 bits per heavy atom. The summed E-state index contributed by atoms with van der Waals surface area (Å²) in [5.74, 6) is -0.358. The predicted molar refractivity (Wildman–Crippen MR) is 100 cm³/mol. The molecule has 0 saturated heterocycles. The fourth-order valence-electron chi connectivity index (χ4n) is 3.45. The summed E-state index contributed by atoms with van der Waals surface area (Å²) in [6.45, 7) is 0.345. The highest BCUT2D eigenvalue weighted by molar-refractivity contribution is 6.02. The van der Waals surface area contributed by atoms with Gasteiger partial charge < -0.3 is 10.6 Å². The van der Waals surface area contributed by atoms with Gasteiger partial charge in [0.2, 0.25) is 5.82 Å². The van der Waals surface area contributed by atoms with E-state index in [1.54, 1.807) is 29.1 Å². The highest BCUT2D eigenvalue weighted by Gasteiger charge is 2.24. The molecule has 3 aromatic heterocycles. The molecule has 7 nitrogen and oxygen atoms in total. The van der Waals surface area contributed by atoms with E-state index in [1.165, 1.54) is 0 Å². The lowest BCUT2D eigenvalue weighted by Crippen LogP contribution is -2.33. The molecule has 2 N–H and O–H groups in total. The number of hydrogen-bond donors (Lipinski definition) is 2. The zero-order valence-electron chi connectivity index (χ0n) is 14.9. The molecule has 0 spiro atoms. The average molecular weight is 363 g/mol. The molecule has 27 heavy (non-hydrogen) atoms. The highest BCUT2D eigenvalue weighted by Crippen LogP contribution is 2.19. The number of hydrogen-bond acceptors (Lipinski definition) is 4. The third kappa shape index (κ3) is 3.67. The first-order valence-electron chi connectivity index (χ1n) is 9.17. The van der Waals surface area contributed by atoms with Crippen LogP contribution in [0, 0.1) is 0 Å². The van der Waals surface area contributed by atoms with Gasteiger partial charge in [-0.1, -0.05) is 25.0 Å². The van der Waals surface area contributed by atoms with E-state index in [0.29, 0.717) is 12.1 Å². The minimum Gasteiger partial charge on any atom is -0.348 e. The number of pyridine rings is 2. The van der Waals surface area contributed by atoms with Gasteiger partial charge in [-0.25, -0.2) is 4.98 Å². The molecular formula is C20H21N5O2. The van der Waals surface area contributed by atoms with Crippen molar-refractivity contribution in [2.24, 2.45) is 0 Å². The molecule has 4 rings (SSSR count). The number of nitrogens with zero attached hydrogens (tertiary/aromatic N) is 3. The van der Waals surface area contributed by atoms with Gasteiger partial charge in [-0.2, -0.15) is 0 Å². The van der Waals surface area contributed by atoms with Crippen LogP contribution in [0.1, 0.15) is 52.4 Å². The maximum Gasteiger partial charge on any atom is 0.287 e. The summed E-state index contributed by atoms with van der Waals surface area (Å²) in [4.78, 5) is 33.8. The van der Waals surface area contributed by atoms with Crippen molar-refractivity contribution in [1.82, 2.24) is 25.0 Å². The van der Waals surface area contributed by atoms with Crippen LogP contribution >= 0.6 is 0 Å². The second-order valence-electron chi connectivity index (χ2n) is 6.74. The van der Waals surface area contributed by atoms with Gasteiger partial charge in [0.25, 0.3) is 11.8 Å². The van der Waals surface area contributed by atoms with Gasteiger partial charge >= 0.3 is 0 Å². The third-order valence-electron chi connectivity index (χ3n) is 4.83. The third-order valence-corrected chi connectivity index (χ3v) is 4.83. The largest absolute Gasteiger partial charge is 0.348 e. The zero-order valence-corrected chi connectivity index (χ0v) is 14.9. The van der Waals surface area contributed by atoms with E-state index in [-0.39, 0.29) is 29.4 Å². The number of amides is 2. The lowest BCUT2D eigenvalue weighted by molar-refractivity contribution is 0.0935. The number of fused-ring (bicyclic) bond motifs is 1. The molecule has 0 atom stereocenters. The molecule has 0 aliphatic heterocycles. The van der Waals surface area contributed by atoms with Crippen molar-refractivity contribution < 1.29 is 9.59 Å². The maximum absolute atomic E-state index is 12.7. The molecule has 1 aliphatic carbocycles. The average Bonchev–Trinajstić information content (AvgIpc) is 3.34. The molecular weight excluding hydrogens is 342 g/mol. The Labute approximate surface area is 156 Å². The van der Waals surface area contributed by atoms with Crippen molar-refractivity contribution in [3.8, 4) is 0 Å². The Kier molecular flexibility index (Phi) is 4.82. The van der Waals surface area contributed by atoms with Crippen molar-refractivity contribution in [3.05, 3.63) is 66.0 Å². The molecule has 0 aromatic carbocycles. The van der Waals surface area contributed by atoms with E-state index in [2.05, 4.69) is 20.6 Å². The summed E-state index contributed by atoms with van der Waals surface area (Å²) in [6.07, 6.45) is 9.39. The molecule has 1 saturated carbocycles. The predicted octanol–water partition coefficient (Wildman–Crippen LogP) is 2.33. The summed E-state index contributed by atoms with van der Waals surface area (Å²) < 4.78 is 1.65. The van der Waals surface area contributed by atoms with Crippen LogP contribution in [0.2, 0.25) is 0 Å². The van der Waals surface area contributed by atoms with Gasteiger partial charge in [0.15, 0.2) is 5.69 Å². The van der Waals surface area contributed by atoms with Gasteiger partial charge in [-0.15, -0.1) is 0 Å². The van der Waals surface area contributed by atoms with Crippen LogP contribution in [-0.2, 0) is 6.54 Å². The van der Waals surface area contributed by atoms with E-state index in [0.717, 1.165) is 31.2 Å². The van der Waals surface area contributed by atoms with E-state index >= 15 is 0 Å². The summed E-state index contributed by atoms with van der Waals surface area (Å²) in [7, 11) is 0. The molecule has 2 amide bonds. The molecule has 3 heterocycles. The van der Waals surface area contributed by atoms with Crippen LogP contribution in [0.3, 0.4) is 0 Å². The molecule has 138 valence electrons. The Balaban J connectivity index is 1.57. The smallest absolute Gasteiger partial charge is 0.287 e. The number of aromatic nitrogens is 3. The fraction of sp³-hybridized carbons (Fsp3) is 0.300. The molecule has 1 aliphatic rings. The summed E-state index contributed by atoms with van der Waals surface area (Å²) in [5, 5.41) is 5.88. The summed E-state index contributed by atoms with van der Waals surface area (Å²) in [6, 6.07) is 9.34. The fourth-order valence-corrected chi connectivity index (χ4v) is 3.45. The Morgan fingerprint density at radius 1 is 1.11 bits per heavy atom. The summed E-state index contributed by atoms with van der Waals surface area (Å²) in [5.41, 5.74) is 1.81. The minimum atomic E-state index is -0.333. The van der Waals surface area contributed by atoms with Gasteiger partial charge in [-0.05, 0) is 36.6 Å². The van der Waals surface area contributed by atoms with Crippen molar-refractivity contribution in [3.63, 3.8) is 0 Å². The first-order chi connectivity index (χ1) is 13.2. The molecule has 1 fully saturated rings. The monoisotopic (exact) mass is 363 g/mol. The topological polar surface area (TPSA) is 88.4 Å². The normalized spacial score (nSPS) is 14.4. The minimum absolute atomic E-state index is 0.195. The van der Waals surface area contributed by atoms with E-state index in [4.69, 9.17) is 0 Å². The molecule has 0 unspecified atom stereocenters. The molecule has 3 aromatic rings. The van der Waals surface area contributed by atoms with Gasteiger partial charge in [-0.3, -0.25) is 19.0 Å². The zero-order chi connectivity index (χ0) is 18.6. The highest BCUT2D eigenvalue weighted by atomic mass is 16.2. The molecule has 0 radical (unpaired) electrons. The van der Waals surface area contributed by atoms with Crippen LogP contribution in [0.5, 0.6) is 0 Å². The first kappa shape index (κ1) is 17.2. The Bertz CT molecular complexity index is 961. The Morgan fingerprint density at radius 2 is 1.96 bits per heavy atom. The Hall–Kier alpha value is -3.22.